The van der Waals surface area contributed by atoms with Gasteiger partial charge in [-0.3, -0.25) is 0 Å². The number of hydrogen-bond acceptors (Lipinski definition) is 2. The highest BCUT2D eigenvalue weighted by Crippen LogP contribution is 2.36. The second-order valence-electron chi connectivity index (χ2n) is 5.02. The predicted molar refractivity (Wildman–Crippen MR) is 77.7 cm³/mol. The minimum atomic E-state index is 0.175. The number of ether oxygens (including phenoxy) is 2. The molecule has 2 rings (SSSR count). The molecule has 1 fully saturated rings. The molecule has 0 N–H and O–H groups in total. The summed E-state index contributed by atoms with van der Waals surface area (Å²) < 4.78 is 11.8. The Bertz CT molecular complexity index is 392. The second kappa shape index (κ2) is 6.07. The van der Waals surface area contributed by atoms with Crippen LogP contribution in [0.1, 0.15) is 38.7 Å². The summed E-state index contributed by atoms with van der Waals surface area (Å²) in [5, 5.41) is 0. The SMILES string of the molecule is CCOC1C(Br)CC1Oc1ccccc1C(C)C. The first-order chi connectivity index (χ1) is 8.63. The zero-order valence-corrected chi connectivity index (χ0v) is 12.8. The van der Waals surface area contributed by atoms with Gasteiger partial charge in [-0.05, 0) is 24.5 Å². The Labute approximate surface area is 118 Å². The molecule has 0 radical (unpaired) electrons. The number of rotatable bonds is 5. The van der Waals surface area contributed by atoms with E-state index >= 15 is 0 Å². The summed E-state index contributed by atoms with van der Waals surface area (Å²) in [6.07, 6.45) is 1.36. The Morgan fingerprint density at radius 1 is 1.33 bits per heavy atom. The summed E-state index contributed by atoms with van der Waals surface area (Å²) in [7, 11) is 0. The van der Waals surface area contributed by atoms with Gasteiger partial charge in [0, 0.05) is 17.9 Å². The van der Waals surface area contributed by atoms with E-state index < -0.39 is 0 Å². The lowest BCUT2D eigenvalue weighted by molar-refractivity contribution is -0.0726. The van der Waals surface area contributed by atoms with Crippen LogP contribution in [-0.4, -0.2) is 23.6 Å². The van der Waals surface area contributed by atoms with E-state index in [4.69, 9.17) is 9.47 Å². The molecule has 0 bridgehead atoms. The average molecular weight is 313 g/mol. The van der Waals surface area contributed by atoms with Crippen LogP contribution in [0, 0.1) is 0 Å². The Hall–Kier alpha value is -0.540. The molecule has 3 unspecified atom stereocenters. The quantitative estimate of drug-likeness (QED) is 0.761. The molecule has 0 heterocycles. The molecular formula is C15H21BrO2. The third-order valence-corrected chi connectivity index (χ3v) is 4.25. The maximum Gasteiger partial charge on any atom is 0.127 e. The molecule has 18 heavy (non-hydrogen) atoms. The van der Waals surface area contributed by atoms with E-state index in [0.717, 1.165) is 18.8 Å². The minimum Gasteiger partial charge on any atom is -0.487 e. The zero-order valence-electron chi connectivity index (χ0n) is 11.2. The molecule has 1 aromatic carbocycles. The maximum atomic E-state index is 6.12. The maximum absolute atomic E-state index is 6.12. The molecule has 3 heteroatoms. The monoisotopic (exact) mass is 312 g/mol. The molecule has 1 aliphatic carbocycles. The average Bonchev–Trinajstić information content (AvgIpc) is 2.36. The fraction of sp³-hybridized carbons (Fsp3) is 0.600. The van der Waals surface area contributed by atoms with E-state index in [1.165, 1.54) is 5.56 Å². The molecule has 2 nitrogen and oxygen atoms in total. The fourth-order valence-corrected chi connectivity index (χ4v) is 3.14. The van der Waals surface area contributed by atoms with Crippen LogP contribution in [0.15, 0.2) is 24.3 Å². The van der Waals surface area contributed by atoms with Crippen molar-refractivity contribution in [3.63, 3.8) is 0 Å². The summed E-state index contributed by atoms with van der Waals surface area (Å²) in [5.74, 6) is 1.48. The van der Waals surface area contributed by atoms with Gasteiger partial charge in [-0.15, -0.1) is 0 Å². The van der Waals surface area contributed by atoms with E-state index in [2.05, 4.69) is 48.0 Å². The fourth-order valence-electron chi connectivity index (χ4n) is 2.27. The Morgan fingerprint density at radius 3 is 2.67 bits per heavy atom. The normalized spacial score (nSPS) is 27.1. The van der Waals surface area contributed by atoms with Gasteiger partial charge >= 0.3 is 0 Å². The van der Waals surface area contributed by atoms with Gasteiger partial charge in [0.25, 0.3) is 0 Å². The summed E-state index contributed by atoms with van der Waals surface area (Å²) in [6, 6.07) is 8.29. The van der Waals surface area contributed by atoms with Crippen LogP contribution in [0.3, 0.4) is 0 Å². The van der Waals surface area contributed by atoms with Crippen LogP contribution >= 0.6 is 15.9 Å². The molecule has 1 saturated carbocycles. The third kappa shape index (κ3) is 2.89. The van der Waals surface area contributed by atoms with Gasteiger partial charge in [0.2, 0.25) is 0 Å². The summed E-state index contributed by atoms with van der Waals surface area (Å²) in [6.45, 7) is 7.14. The number of alkyl halides is 1. The van der Waals surface area contributed by atoms with Gasteiger partial charge in [0.15, 0.2) is 0 Å². The van der Waals surface area contributed by atoms with E-state index in [9.17, 15) is 0 Å². The lowest BCUT2D eigenvalue weighted by Crippen LogP contribution is -2.52. The van der Waals surface area contributed by atoms with Crippen molar-refractivity contribution in [2.24, 2.45) is 0 Å². The molecule has 0 aliphatic heterocycles. The standard InChI is InChI=1S/C15H21BrO2/c1-4-17-15-12(16)9-14(15)18-13-8-6-5-7-11(13)10(2)3/h5-8,10,12,14-15H,4,9H2,1-3H3. The van der Waals surface area contributed by atoms with Gasteiger partial charge in [-0.25, -0.2) is 0 Å². The van der Waals surface area contributed by atoms with Gasteiger partial charge in [-0.2, -0.15) is 0 Å². The van der Waals surface area contributed by atoms with Crippen molar-refractivity contribution >= 4 is 15.9 Å². The Balaban J connectivity index is 2.06. The first kappa shape index (κ1) is 13.9. The molecule has 100 valence electrons. The Morgan fingerprint density at radius 2 is 2.06 bits per heavy atom. The van der Waals surface area contributed by atoms with Crippen molar-refractivity contribution < 1.29 is 9.47 Å². The van der Waals surface area contributed by atoms with Crippen molar-refractivity contribution in [1.29, 1.82) is 0 Å². The predicted octanol–water partition coefficient (Wildman–Crippen LogP) is 4.13. The lowest BCUT2D eigenvalue weighted by Gasteiger charge is -2.41. The number of hydrogen-bond donors (Lipinski definition) is 0. The van der Waals surface area contributed by atoms with Gasteiger partial charge in [0.1, 0.15) is 18.0 Å². The molecule has 0 saturated heterocycles. The molecule has 1 aromatic rings. The number of para-hydroxylation sites is 1. The van der Waals surface area contributed by atoms with Crippen molar-refractivity contribution in [1.82, 2.24) is 0 Å². The van der Waals surface area contributed by atoms with E-state index in [0.29, 0.717) is 10.7 Å². The van der Waals surface area contributed by atoms with Crippen LogP contribution in [0.5, 0.6) is 5.75 Å². The van der Waals surface area contributed by atoms with E-state index in [-0.39, 0.29) is 12.2 Å². The minimum absolute atomic E-state index is 0.175. The Kier molecular flexibility index (Phi) is 4.68. The molecule has 0 aromatic heterocycles. The van der Waals surface area contributed by atoms with Gasteiger partial charge < -0.3 is 9.47 Å². The van der Waals surface area contributed by atoms with E-state index in [1.54, 1.807) is 0 Å². The third-order valence-electron chi connectivity index (χ3n) is 3.36. The highest BCUT2D eigenvalue weighted by Gasteiger charge is 2.42. The van der Waals surface area contributed by atoms with E-state index in [1.807, 2.05) is 13.0 Å². The van der Waals surface area contributed by atoms with Crippen molar-refractivity contribution in [2.75, 3.05) is 6.61 Å². The first-order valence-electron chi connectivity index (χ1n) is 6.64. The summed E-state index contributed by atoms with van der Waals surface area (Å²) in [5.41, 5.74) is 1.27. The van der Waals surface area contributed by atoms with Gasteiger partial charge in [-0.1, -0.05) is 48.0 Å². The smallest absolute Gasteiger partial charge is 0.127 e. The van der Waals surface area contributed by atoms with Crippen LogP contribution in [0.4, 0.5) is 0 Å². The highest BCUT2D eigenvalue weighted by molar-refractivity contribution is 9.09. The second-order valence-corrected chi connectivity index (χ2v) is 6.20. The lowest BCUT2D eigenvalue weighted by atomic mass is 9.91. The highest BCUT2D eigenvalue weighted by atomic mass is 79.9. The van der Waals surface area contributed by atoms with Crippen molar-refractivity contribution in [3.8, 4) is 5.75 Å². The molecule has 0 amide bonds. The van der Waals surface area contributed by atoms with Crippen LogP contribution in [-0.2, 0) is 4.74 Å². The largest absolute Gasteiger partial charge is 0.487 e. The molecule has 0 spiro atoms. The topological polar surface area (TPSA) is 18.5 Å². The van der Waals surface area contributed by atoms with Crippen LogP contribution in [0.2, 0.25) is 0 Å². The number of benzene rings is 1. The zero-order chi connectivity index (χ0) is 13.1. The van der Waals surface area contributed by atoms with Crippen LogP contribution < -0.4 is 4.74 Å². The molecule has 3 atom stereocenters. The van der Waals surface area contributed by atoms with Crippen molar-refractivity contribution in [2.45, 2.75) is 50.1 Å². The summed E-state index contributed by atoms with van der Waals surface area (Å²) in [4.78, 5) is 0.425. The van der Waals surface area contributed by atoms with Crippen LogP contribution in [0.25, 0.3) is 0 Å². The first-order valence-corrected chi connectivity index (χ1v) is 7.56. The summed E-state index contributed by atoms with van der Waals surface area (Å²) >= 11 is 3.62. The van der Waals surface area contributed by atoms with Crippen molar-refractivity contribution in [3.05, 3.63) is 29.8 Å². The molecular weight excluding hydrogens is 292 g/mol. The molecule has 1 aliphatic rings. The van der Waals surface area contributed by atoms with Gasteiger partial charge in [0.05, 0.1) is 0 Å². The number of halogens is 1.